The topological polar surface area (TPSA) is 125 Å². The Hall–Kier alpha value is -3.32. The van der Waals surface area contributed by atoms with E-state index in [1.165, 1.54) is 17.1 Å². The van der Waals surface area contributed by atoms with Crippen LogP contribution in [0.2, 0.25) is 0 Å². The standard InChI is InChI=1S/C19H15F3N4O3.C6H13NO/c1-26-7-11(6-23-26)24-18(27)15-3-2-12(20)17(25-15)16-13(21)4-10(5-14(16)22)19(28)8-29-9-19;7-6-2-1-4-8-5-3-6/h2-7,28H,8-9H2,1H3,(H,24,27);6H,1-5,7H2. The van der Waals surface area contributed by atoms with Gasteiger partial charge in [0.05, 0.1) is 30.7 Å². The zero-order valence-electron chi connectivity index (χ0n) is 20.2. The van der Waals surface area contributed by atoms with Crippen molar-refractivity contribution in [2.75, 3.05) is 31.7 Å². The third-order valence-corrected chi connectivity index (χ3v) is 6.04. The van der Waals surface area contributed by atoms with Gasteiger partial charge >= 0.3 is 0 Å². The van der Waals surface area contributed by atoms with E-state index in [1.54, 1.807) is 7.05 Å². The SMILES string of the molecule is Cn1cc(NC(=O)c2ccc(F)c(-c3c(F)cc(C4(O)COC4)cc3F)n2)cn1.NC1CCCOCC1. The van der Waals surface area contributed by atoms with E-state index in [1.807, 2.05) is 0 Å². The maximum absolute atomic E-state index is 14.6. The number of ether oxygens (including phenoxy) is 2. The van der Waals surface area contributed by atoms with Crippen LogP contribution in [0, 0.1) is 17.5 Å². The molecule has 0 radical (unpaired) electrons. The van der Waals surface area contributed by atoms with Crippen LogP contribution in [0.5, 0.6) is 0 Å². The molecule has 0 aliphatic carbocycles. The van der Waals surface area contributed by atoms with Crippen LogP contribution in [0.15, 0.2) is 36.7 Å². The van der Waals surface area contributed by atoms with Gasteiger partial charge in [-0.25, -0.2) is 18.2 Å². The predicted octanol–water partition coefficient (Wildman–Crippen LogP) is 2.88. The van der Waals surface area contributed by atoms with E-state index in [9.17, 15) is 23.1 Å². The smallest absolute Gasteiger partial charge is 0.274 e. The lowest BCUT2D eigenvalue weighted by molar-refractivity contribution is -0.184. The van der Waals surface area contributed by atoms with E-state index in [4.69, 9.17) is 15.2 Å². The minimum atomic E-state index is -1.49. The van der Waals surface area contributed by atoms with E-state index in [0.717, 1.165) is 56.7 Å². The quantitative estimate of drug-likeness (QED) is 0.484. The molecule has 1 amide bonds. The Kier molecular flexibility index (Phi) is 8.22. The van der Waals surface area contributed by atoms with Gasteiger partial charge in [-0.05, 0) is 49.1 Å². The molecule has 37 heavy (non-hydrogen) atoms. The Labute approximate surface area is 211 Å². The molecule has 4 heterocycles. The molecule has 3 aromatic rings. The van der Waals surface area contributed by atoms with Crippen molar-refractivity contribution >= 4 is 11.6 Å². The van der Waals surface area contributed by atoms with E-state index >= 15 is 0 Å². The zero-order chi connectivity index (χ0) is 26.6. The second kappa shape index (κ2) is 11.4. The minimum Gasteiger partial charge on any atom is -0.381 e. The number of nitrogens with zero attached hydrogens (tertiary/aromatic N) is 3. The Morgan fingerprint density at radius 3 is 2.49 bits per heavy atom. The van der Waals surface area contributed by atoms with Crippen molar-refractivity contribution in [1.29, 1.82) is 0 Å². The molecule has 198 valence electrons. The van der Waals surface area contributed by atoms with Crippen molar-refractivity contribution < 1.29 is 32.5 Å². The van der Waals surface area contributed by atoms with Crippen LogP contribution in [0.25, 0.3) is 11.3 Å². The Morgan fingerprint density at radius 2 is 1.86 bits per heavy atom. The van der Waals surface area contributed by atoms with E-state index in [0.29, 0.717) is 11.7 Å². The highest BCUT2D eigenvalue weighted by atomic mass is 19.1. The Morgan fingerprint density at radius 1 is 1.14 bits per heavy atom. The molecule has 2 fully saturated rings. The summed E-state index contributed by atoms with van der Waals surface area (Å²) in [6.07, 6.45) is 6.26. The molecule has 1 atom stereocenters. The first kappa shape index (κ1) is 26.7. The van der Waals surface area contributed by atoms with Crippen LogP contribution < -0.4 is 11.1 Å². The summed E-state index contributed by atoms with van der Waals surface area (Å²) in [5.74, 6) is -3.93. The summed E-state index contributed by atoms with van der Waals surface area (Å²) in [7, 11) is 1.66. The number of nitrogens with two attached hydrogens (primary N) is 1. The number of hydrogen-bond acceptors (Lipinski definition) is 7. The van der Waals surface area contributed by atoms with Crippen molar-refractivity contribution in [2.24, 2.45) is 12.8 Å². The van der Waals surface area contributed by atoms with Crippen LogP contribution in [0.3, 0.4) is 0 Å². The highest BCUT2D eigenvalue weighted by Gasteiger charge is 2.39. The first-order chi connectivity index (χ1) is 17.7. The van der Waals surface area contributed by atoms with Crippen molar-refractivity contribution in [3.8, 4) is 11.3 Å². The number of amides is 1. The fourth-order valence-corrected chi connectivity index (χ4v) is 3.88. The molecular weight excluding hydrogens is 491 g/mol. The molecule has 2 aliphatic rings. The van der Waals surface area contributed by atoms with Crippen molar-refractivity contribution in [3.05, 3.63) is 65.4 Å². The first-order valence-corrected chi connectivity index (χ1v) is 11.8. The average Bonchev–Trinajstić information content (AvgIpc) is 3.09. The summed E-state index contributed by atoms with van der Waals surface area (Å²) in [4.78, 5) is 16.2. The third-order valence-electron chi connectivity index (χ3n) is 6.04. The van der Waals surface area contributed by atoms with Gasteiger partial charge < -0.3 is 25.6 Å². The van der Waals surface area contributed by atoms with Crippen LogP contribution in [0.1, 0.15) is 35.3 Å². The fraction of sp³-hybridized carbons (Fsp3) is 0.400. The molecule has 2 aromatic heterocycles. The second-order valence-electron chi connectivity index (χ2n) is 9.03. The number of benzene rings is 1. The van der Waals surface area contributed by atoms with Crippen LogP contribution in [-0.2, 0) is 22.1 Å². The normalized spacial score (nSPS) is 18.7. The van der Waals surface area contributed by atoms with Crippen LogP contribution in [-0.4, -0.2) is 58.2 Å². The van der Waals surface area contributed by atoms with Gasteiger partial charge in [0.1, 0.15) is 34.4 Å². The van der Waals surface area contributed by atoms with Crippen molar-refractivity contribution in [2.45, 2.75) is 30.9 Å². The summed E-state index contributed by atoms with van der Waals surface area (Å²) < 4.78 is 55.1. The number of anilines is 1. The number of rotatable bonds is 4. The molecule has 12 heteroatoms. The molecule has 2 saturated heterocycles. The highest BCUT2D eigenvalue weighted by molar-refractivity contribution is 6.03. The van der Waals surface area contributed by atoms with Gasteiger partial charge in [-0.2, -0.15) is 5.10 Å². The molecule has 4 N–H and O–H groups in total. The van der Waals surface area contributed by atoms with Crippen LogP contribution in [0.4, 0.5) is 18.9 Å². The van der Waals surface area contributed by atoms with Crippen molar-refractivity contribution in [3.63, 3.8) is 0 Å². The van der Waals surface area contributed by atoms with Gasteiger partial charge in [0.25, 0.3) is 5.91 Å². The number of carbonyl (C=O) groups is 1. The molecule has 2 aliphatic heterocycles. The van der Waals surface area contributed by atoms with E-state index < -0.39 is 40.2 Å². The van der Waals surface area contributed by atoms with E-state index in [-0.39, 0.29) is 24.5 Å². The van der Waals surface area contributed by atoms with Gasteiger partial charge in [0, 0.05) is 32.5 Å². The number of pyridine rings is 1. The molecule has 1 unspecified atom stereocenters. The first-order valence-electron chi connectivity index (χ1n) is 11.8. The summed E-state index contributed by atoms with van der Waals surface area (Å²) >= 11 is 0. The van der Waals surface area contributed by atoms with Gasteiger partial charge in [0.15, 0.2) is 0 Å². The Balaban J connectivity index is 0.000000342. The largest absolute Gasteiger partial charge is 0.381 e. The summed E-state index contributed by atoms with van der Waals surface area (Å²) in [6.45, 7) is 1.58. The third kappa shape index (κ3) is 6.34. The Bertz CT molecular complexity index is 1230. The number of aromatic nitrogens is 3. The van der Waals surface area contributed by atoms with Gasteiger partial charge in [0.2, 0.25) is 0 Å². The predicted molar refractivity (Wildman–Crippen MR) is 128 cm³/mol. The number of aliphatic hydroxyl groups is 1. The molecule has 5 rings (SSSR count). The number of nitrogens with one attached hydrogen (secondary N) is 1. The van der Waals surface area contributed by atoms with Gasteiger partial charge in [-0.1, -0.05) is 0 Å². The summed E-state index contributed by atoms with van der Waals surface area (Å²) in [6, 6.07) is 4.22. The van der Waals surface area contributed by atoms with Crippen LogP contribution >= 0.6 is 0 Å². The van der Waals surface area contributed by atoms with E-state index in [2.05, 4.69) is 15.4 Å². The fourth-order valence-electron chi connectivity index (χ4n) is 3.88. The summed E-state index contributed by atoms with van der Waals surface area (Å²) in [5, 5.41) is 16.6. The molecular formula is C25H28F3N5O4. The zero-order valence-corrected chi connectivity index (χ0v) is 20.2. The van der Waals surface area contributed by atoms with Gasteiger partial charge in [-0.3, -0.25) is 9.48 Å². The monoisotopic (exact) mass is 519 g/mol. The highest BCUT2D eigenvalue weighted by Crippen LogP contribution is 2.35. The molecule has 0 spiro atoms. The number of carbonyl (C=O) groups excluding carboxylic acids is 1. The number of halogens is 3. The lowest BCUT2D eigenvalue weighted by Crippen LogP contribution is -2.46. The maximum atomic E-state index is 14.6. The number of hydrogen-bond donors (Lipinski definition) is 3. The lowest BCUT2D eigenvalue weighted by atomic mass is 9.90. The average molecular weight is 520 g/mol. The lowest BCUT2D eigenvalue weighted by Gasteiger charge is -2.36. The van der Waals surface area contributed by atoms with Crippen molar-refractivity contribution in [1.82, 2.24) is 14.8 Å². The minimum absolute atomic E-state index is 0.0200. The molecule has 0 bridgehead atoms. The molecule has 9 nitrogen and oxygen atoms in total. The van der Waals surface area contributed by atoms with Gasteiger partial charge in [-0.15, -0.1) is 0 Å². The second-order valence-corrected chi connectivity index (χ2v) is 9.03. The molecule has 0 saturated carbocycles. The maximum Gasteiger partial charge on any atom is 0.274 e. The molecule has 1 aromatic carbocycles. The number of aryl methyl sites for hydroxylation is 1. The summed E-state index contributed by atoms with van der Waals surface area (Å²) in [5.41, 5.74) is 2.91.